The number of hydrogen-bond donors (Lipinski definition) is 1. The zero-order valence-electron chi connectivity index (χ0n) is 21.5. The number of rotatable bonds is 6. The largest absolute Gasteiger partial charge is 0.465 e. The molecule has 0 bridgehead atoms. The number of nitrogens with zero attached hydrogens (tertiary/aromatic N) is 1. The topological polar surface area (TPSA) is 94.2 Å². The number of ether oxygens (including phenoxy) is 3. The number of benzene rings is 1. The molecule has 8 heteroatoms. The van der Waals surface area contributed by atoms with Crippen molar-refractivity contribution in [3.8, 4) is 0 Å². The maximum atomic E-state index is 12.5. The maximum absolute atomic E-state index is 12.5. The number of amides is 1. The molecule has 8 nitrogen and oxygen atoms in total. The molecule has 2 heterocycles. The Balaban J connectivity index is 0.000000197. The number of carbonyl (C=O) groups excluding carboxylic acids is 3. The molecule has 0 unspecified atom stereocenters. The first-order chi connectivity index (χ1) is 17.5. The molecule has 198 valence electrons. The molecule has 0 spiro atoms. The van der Waals surface area contributed by atoms with Gasteiger partial charge in [-0.05, 0) is 75.3 Å². The predicted molar refractivity (Wildman–Crippen MR) is 134 cm³/mol. The van der Waals surface area contributed by atoms with Gasteiger partial charge >= 0.3 is 18.0 Å². The van der Waals surface area contributed by atoms with E-state index in [1.165, 1.54) is 19.3 Å². The van der Waals surface area contributed by atoms with Crippen LogP contribution >= 0.6 is 0 Å². The Morgan fingerprint density at radius 2 is 1.53 bits per heavy atom. The average Bonchev–Trinajstić information content (AvgIpc) is 3.65. The quantitative estimate of drug-likeness (QED) is 0.467. The summed E-state index contributed by atoms with van der Waals surface area (Å²) in [4.78, 5) is 37.9. The van der Waals surface area contributed by atoms with Gasteiger partial charge in [0.2, 0.25) is 0 Å². The minimum Gasteiger partial charge on any atom is -0.465 e. The normalized spacial score (nSPS) is 30.1. The van der Waals surface area contributed by atoms with Crippen molar-refractivity contribution in [2.75, 3.05) is 26.3 Å². The Hall–Kier alpha value is -2.61. The first-order valence-corrected chi connectivity index (χ1v) is 13.6. The lowest BCUT2D eigenvalue weighted by Crippen LogP contribution is -2.44. The van der Waals surface area contributed by atoms with Gasteiger partial charge in [0.15, 0.2) is 0 Å². The van der Waals surface area contributed by atoms with Crippen LogP contribution in [-0.4, -0.2) is 61.3 Å². The van der Waals surface area contributed by atoms with E-state index < -0.39 is 12.1 Å². The lowest BCUT2D eigenvalue weighted by Gasteiger charge is -2.25. The number of fused-ring (bicyclic) bond motifs is 2. The van der Waals surface area contributed by atoms with Gasteiger partial charge in [-0.15, -0.1) is 0 Å². The van der Waals surface area contributed by atoms with Crippen molar-refractivity contribution in [2.24, 2.45) is 23.7 Å². The van der Waals surface area contributed by atoms with Crippen LogP contribution in [0.2, 0.25) is 0 Å². The molecule has 1 aromatic carbocycles. The summed E-state index contributed by atoms with van der Waals surface area (Å²) in [6, 6.07) is 9.07. The molecule has 2 aliphatic carbocycles. The van der Waals surface area contributed by atoms with Crippen molar-refractivity contribution in [3.63, 3.8) is 0 Å². The third-order valence-electron chi connectivity index (χ3n) is 8.14. The number of esters is 2. The van der Waals surface area contributed by atoms with E-state index in [2.05, 4.69) is 5.32 Å². The number of nitrogens with one attached hydrogen (secondary N) is 1. The molecule has 6 atom stereocenters. The number of hydrogen-bond acceptors (Lipinski definition) is 7. The highest BCUT2D eigenvalue weighted by molar-refractivity contribution is 5.82. The minimum atomic E-state index is -0.481. The second-order valence-electron chi connectivity index (χ2n) is 10.2. The third-order valence-corrected chi connectivity index (χ3v) is 8.14. The molecule has 1 amide bonds. The molecule has 2 saturated heterocycles. The molecule has 0 radical (unpaired) electrons. The summed E-state index contributed by atoms with van der Waals surface area (Å²) in [5.74, 6) is 1.57. The van der Waals surface area contributed by atoms with E-state index in [0.29, 0.717) is 31.6 Å². The van der Waals surface area contributed by atoms with E-state index >= 15 is 0 Å². The molecular formula is C28H40N2O6. The summed E-state index contributed by atoms with van der Waals surface area (Å²) in [5.41, 5.74) is 0.938. The minimum absolute atomic E-state index is 0.00699. The van der Waals surface area contributed by atoms with E-state index in [0.717, 1.165) is 37.3 Å². The lowest BCUT2D eigenvalue weighted by molar-refractivity contribution is -0.149. The fraction of sp³-hybridized carbons (Fsp3) is 0.679. The first kappa shape index (κ1) is 26.5. The first-order valence-electron chi connectivity index (χ1n) is 13.6. The predicted octanol–water partition coefficient (Wildman–Crippen LogP) is 3.92. The van der Waals surface area contributed by atoms with Crippen LogP contribution in [0.4, 0.5) is 4.79 Å². The lowest BCUT2D eigenvalue weighted by atomic mass is 9.94. The molecule has 1 aromatic rings. The van der Waals surface area contributed by atoms with Crippen LogP contribution in [-0.2, 0) is 30.4 Å². The Morgan fingerprint density at radius 3 is 2.25 bits per heavy atom. The zero-order valence-corrected chi connectivity index (χ0v) is 21.5. The molecule has 2 aliphatic heterocycles. The van der Waals surface area contributed by atoms with Crippen LogP contribution in [0.25, 0.3) is 0 Å². The van der Waals surface area contributed by atoms with Crippen LogP contribution in [0.1, 0.15) is 57.9 Å². The molecule has 1 N–H and O–H groups in total. The van der Waals surface area contributed by atoms with Crippen molar-refractivity contribution < 1.29 is 28.6 Å². The van der Waals surface area contributed by atoms with Crippen molar-refractivity contribution >= 4 is 18.0 Å². The fourth-order valence-electron chi connectivity index (χ4n) is 6.50. The molecule has 4 fully saturated rings. The van der Waals surface area contributed by atoms with Crippen molar-refractivity contribution in [1.29, 1.82) is 0 Å². The maximum Gasteiger partial charge on any atom is 0.410 e. The van der Waals surface area contributed by atoms with Crippen LogP contribution < -0.4 is 5.32 Å². The Labute approximate surface area is 214 Å². The van der Waals surface area contributed by atoms with Gasteiger partial charge in [0, 0.05) is 6.54 Å². The summed E-state index contributed by atoms with van der Waals surface area (Å²) >= 11 is 0. The van der Waals surface area contributed by atoms with Gasteiger partial charge in [-0.1, -0.05) is 43.2 Å². The van der Waals surface area contributed by atoms with Gasteiger partial charge in [-0.2, -0.15) is 0 Å². The smallest absolute Gasteiger partial charge is 0.410 e. The van der Waals surface area contributed by atoms with E-state index in [1.54, 1.807) is 11.8 Å². The van der Waals surface area contributed by atoms with E-state index in [9.17, 15) is 14.4 Å². The van der Waals surface area contributed by atoms with Crippen LogP contribution in [0, 0.1) is 23.7 Å². The zero-order chi connectivity index (χ0) is 25.5. The standard InChI is InChI=1S/C18H23NO4.C10H17NO2/c1-2-22-17(20)16-15-10-6-9-14(15)11-19(16)18(21)23-12-13-7-4-3-5-8-13;1-2-13-10(12)9-8-5-3-4-7(8)6-11-9/h3-5,7-8,14-16H,2,6,9-12H2,1H3;7-9,11H,2-6H2,1H3/t14-,15-,16-;7-,8-,9-/m00/s1. The molecule has 5 rings (SSSR count). The summed E-state index contributed by atoms with van der Waals surface area (Å²) in [5, 5.41) is 3.27. The third kappa shape index (κ3) is 6.02. The van der Waals surface area contributed by atoms with Gasteiger partial charge in [0.05, 0.1) is 13.2 Å². The number of carbonyl (C=O) groups is 3. The monoisotopic (exact) mass is 500 g/mol. The Kier molecular flexibility index (Phi) is 9.24. The second-order valence-corrected chi connectivity index (χ2v) is 10.2. The SMILES string of the molecule is CCOC(=O)[C@@H]1[C@H]2CCC[C@H]2CN1C(=O)OCc1ccccc1.CCOC(=O)[C@H]1NC[C@@H]2CCC[C@@H]21. The summed E-state index contributed by atoms with van der Waals surface area (Å²) in [6.45, 7) is 6.31. The molecule has 2 saturated carbocycles. The highest BCUT2D eigenvalue weighted by Gasteiger charge is 2.50. The molecule has 4 aliphatic rings. The Morgan fingerprint density at radius 1 is 0.861 bits per heavy atom. The van der Waals surface area contributed by atoms with E-state index in [-0.39, 0.29) is 30.5 Å². The van der Waals surface area contributed by atoms with Gasteiger partial charge in [-0.25, -0.2) is 9.59 Å². The van der Waals surface area contributed by atoms with Gasteiger partial charge in [0.25, 0.3) is 0 Å². The highest BCUT2D eigenvalue weighted by Crippen LogP contribution is 2.43. The summed E-state index contributed by atoms with van der Waals surface area (Å²) < 4.78 is 15.6. The van der Waals surface area contributed by atoms with Gasteiger partial charge < -0.3 is 19.5 Å². The number of likely N-dealkylation sites (tertiary alicyclic amines) is 1. The molecular weight excluding hydrogens is 460 g/mol. The highest BCUT2D eigenvalue weighted by atomic mass is 16.6. The Bertz CT molecular complexity index is 893. The average molecular weight is 501 g/mol. The van der Waals surface area contributed by atoms with E-state index in [1.807, 2.05) is 37.3 Å². The van der Waals surface area contributed by atoms with Gasteiger partial charge in [-0.3, -0.25) is 9.69 Å². The summed E-state index contributed by atoms with van der Waals surface area (Å²) in [7, 11) is 0. The van der Waals surface area contributed by atoms with Crippen LogP contribution in [0.15, 0.2) is 30.3 Å². The van der Waals surface area contributed by atoms with Crippen molar-refractivity contribution in [1.82, 2.24) is 10.2 Å². The van der Waals surface area contributed by atoms with Crippen molar-refractivity contribution in [3.05, 3.63) is 35.9 Å². The second kappa shape index (κ2) is 12.6. The van der Waals surface area contributed by atoms with E-state index in [4.69, 9.17) is 14.2 Å². The fourth-order valence-corrected chi connectivity index (χ4v) is 6.50. The van der Waals surface area contributed by atoms with Crippen LogP contribution in [0.5, 0.6) is 0 Å². The summed E-state index contributed by atoms with van der Waals surface area (Å²) in [6.07, 6.45) is 6.53. The van der Waals surface area contributed by atoms with Crippen molar-refractivity contribution in [2.45, 2.75) is 71.1 Å². The molecule has 0 aromatic heterocycles. The molecule has 36 heavy (non-hydrogen) atoms. The van der Waals surface area contributed by atoms with Gasteiger partial charge in [0.1, 0.15) is 18.7 Å². The van der Waals surface area contributed by atoms with Crippen LogP contribution in [0.3, 0.4) is 0 Å².